The Labute approximate surface area is 117 Å². The summed E-state index contributed by atoms with van der Waals surface area (Å²) in [6.07, 6.45) is -10.0. The molecule has 1 aromatic heterocycles. The van der Waals surface area contributed by atoms with Crippen LogP contribution in [0.5, 0.6) is 0 Å². The van der Waals surface area contributed by atoms with Gasteiger partial charge in [0.1, 0.15) is 5.69 Å². The number of carbonyl (C=O) groups is 1. The molecule has 0 saturated heterocycles. The van der Waals surface area contributed by atoms with Crippen molar-refractivity contribution in [1.29, 1.82) is 0 Å². The molecule has 0 aliphatic heterocycles. The molecule has 22 heavy (non-hydrogen) atoms. The fourth-order valence-electron chi connectivity index (χ4n) is 1.61. The van der Waals surface area contributed by atoms with Gasteiger partial charge in [0.15, 0.2) is 0 Å². The second kappa shape index (κ2) is 5.04. The highest BCUT2D eigenvalue weighted by Gasteiger charge is 2.37. The van der Waals surface area contributed by atoms with E-state index in [2.05, 4.69) is 9.68 Å². The second-order valence-corrected chi connectivity index (χ2v) is 4.18. The minimum Gasteiger partial charge on any atom is -0.475 e. The van der Waals surface area contributed by atoms with Crippen molar-refractivity contribution in [2.45, 2.75) is 12.4 Å². The van der Waals surface area contributed by atoms with Crippen LogP contribution in [0.3, 0.4) is 0 Å². The normalized spacial score (nSPS) is 12.5. The van der Waals surface area contributed by atoms with E-state index in [1.165, 1.54) is 0 Å². The summed E-state index contributed by atoms with van der Waals surface area (Å²) >= 11 is 0. The van der Waals surface area contributed by atoms with Gasteiger partial charge in [0, 0.05) is 11.6 Å². The quantitative estimate of drug-likeness (QED) is 0.845. The Morgan fingerprint density at radius 1 is 0.955 bits per heavy atom. The maximum absolute atomic E-state index is 12.7. The number of aromatic nitrogens is 1. The van der Waals surface area contributed by atoms with Crippen molar-refractivity contribution >= 4 is 5.97 Å². The topological polar surface area (TPSA) is 63.3 Å². The molecule has 0 bridgehead atoms. The summed E-state index contributed by atoms with van der Waals surface area (Å²) in [5.74, 6) is -2.26. The minimum atomic E-state index is -5.00. The summed E-state index contributed by atoms with van der Waals surface area (Å²) in [5.41, 5.74) is -4.07. The molecule has 1 heterocycles. The van der Waals surface area contributed by atoms with Gasteiger partial charge in [-0.2, -0.15) is 26.3 Å². The molecule has 1 N–H and O–H groups in total. The van der Waals surface area contributed by atoms with Crippen molar-refractivity contribution in [1.82, 2.24) is 5.16 Å². The van der Waals surface area contributed by atoms with Crippen molar-refractivity contribution in [3.63, 3.8) is 0 Å². The molecule has 2 aromatic rings. The molecule has 10 heteroatoms. The summed E-state index contributed by atoms with van der Waals surface area (Å²) in [6, 6.07) is 1.55. The van der Waals surface area contributed by atoms with Gasteiger partial charge in [-0.1, -0.05) is 5.16 Å². The van der Waals surface area contributed by atoms with E-state index in [1.807, 2.05) is 0 Å². The van der Waals surface area contributed by atoms with Crippen LogP contribution in [0.25, 0.3) is 11.3 Å². The Morgan fingerprint density at radius 2 is 1.45 bits per heavy atom. The SMILES string of the molecule is O=C(O)c1cc(-c2cc(C(F)(F)F)cc(C(F)(F)F)c2)no1. The highest BCUT2D eigenvalue weighted by atomic mass is 19.4. The highest BCUT2D eigenvalue weighted by Crippen LogP contribution is 2.38. The smallest absolute Gasteiger partial charge is 0.416 e. The van der Waals surface area contributed by atoms with Crippen molar-refractivity contribution in [3.05, 3.63) is 41.2 Å². The molecule has 4 nitrogen and oxygen atoms in total. The molecule has 118 valence electrons. The van der Waals surface area contributed by atoms with E-state index >= 15 is 0 Å². The molecule has 0 unspecified atom stereocenters. The summed E-state index contributed by atoms with van der Waals surface area (Å²) < 4.78 is 80.4. The maximum atomic E-state index is 12.7. The molecular weight excluding hydrogens is 320 g/mol. The van der Waals surface area contributed by atoms with Crippen LogP contribution in [0.4, 0.5) is 26.3 Å². The zero-order chi connectivity index (χ0) is 16.7. The molecule has 0 aliphatic carbocycles. The van der Waals surface area contributed by atoms with Gasteiger partial charge >= 0.3 is 18.3 Å². The van der Waals surface area contributed by atoms with Crippen molar-refractivity contribution in [3.8, 4) is 11.3 Å². The molecule has 0 saturated carbocycles. The van der Waals surface area contributed by atoms with E-state index in [4.69, 9.17) is 5.11 Å². The largest absolute Gasteiger partial charge is 0.475 e. The number of nitrogens with zero attached hydrogens (tertiary/aromatic N) is 1. The molecule has 0 aliphatic rings. The van der Waals surface area contributed by atoms with Crippen LogP contribution in [0.15, 0.2) is 28.8 Å². The number of alkyl halides is 6. The maximum Gasteiger partial charge on any atom is 0.416 e. The van der Waals surface area contributed by atoms with Gasteiger partial charge in [-0.3, -0.25) is 0 Å². The van der Waals surface area contributed by atoms with Gasteiger partial charge in [0.25, 0.3) is 0 Å². The predicted octanol–water partition coefficient (Wildman–Crippen LogP) is 4.08. The molecule has 0 fully saturated rings. The van der Waals surface area contributed by atoms with Crippen molar-refractivity contribution < 1.29 is 40.8 Å². The average molecular weight is 325 g/mol. The van der Waals surface area contributed by atoms with E-state index < -0.39 is 46.5 Å². The van der Waals surface area contributed by atoms with Crippen LogP contribution < -0.4 is 0 Å². The number of hydrogen-bond donors (Lipinski definition) is 1. The number of carboxylic acid groups (broad SMARTS) is 1. The molecule has 0 atom stereocenters. The van der Waals surface area contributed by atoms with E-state index in [1.54, 1.807) is 0 Å². The third-order valence-electron chi connectivity index (χ3n) is 2.60. The third-order valence-corrected chi connectivity index (χ3v) is 2.60. The van der Waals surface area contributed by atoms with Crippen molar-refractivity contribution in [2.75, 3.05) is 0 Å². The molecule has 0 amide bonds. The van der Waals surface area contributed by atoms with Crippen LogP contribution in [0, 0.1) is 0 Å². The predicted molar refractivity (Wildman–Crippen MR) is 58.9 cm³/mol. The lowest BCUT2D eigenvalue weighted by molar-refractivity contribution is -0.143. The first-order valence-electron chi connectivity index (χ1n) is 5.48. The zero-order valence-corrected chi connectivity index (χ0v) is 10.3. The van der Waals surface area contributed by atoms with Crippen LogP contribution in [-0.4, -0.2) is 16.2 Å². The molecule has 0 spiro atoms. The van der Waals surface area contributed by atoms with Gasteiger partial charge in [-0.25, -0.2) is 4.79 Å². The second-order valence-electron chi connectivity index (χ2n) is 4.18. The number of halogens is 6. The van der Waals surface area contributed by atoms with Crippen LogP contribution in [0.1, 0.15) is 21.7 Å². The molecule has 1 aromatic carbocycles. The van der Waals surface area contributed by atoms with Gasteiger partial charge in [0.2, 0.25) is 5.76 Å². The number of hydrogen-bond acceptors (Lipinski definition) is 3. The van der Waals surface area contributed by atoms with Gasteiger partial charge < -0.3 is 9.63 Å². The van der Waals surface area contributed by atoms with Crippen molar-refractivity contribution in [2.24, 2.45) is 0 Å². The number of aromatic carboxylic acids is 1. The summed E-state index contributed by atoms with van der Waals surface area (Å²) in [5, 5.41) is 11.8. The summed E-state index contributed by atoms with van der Waals surface area (Å²) in [7, 11) is 0. The lowest BCUT2D eigenvalue weighted by Crippen LogP contribution is -2.11. The average Bonchev–Trinajstić information content (AvgIpc) is 2.85. The van der Waals surface area contributed by atoms with Crippen LogP contribution in [-0.2, 0) is 12.4 Å². The Bertz CT molecular complexity index is 684. The first-order valence-corrected chi connectivity index (χ1v) is 5.48. The molecule has 0 radical (unpaired) electrons. The number of benzene rings is 1. The lowest BCUT2D eigenvalue weighted by Gasteiger charge is -2.13. The van der Waals surface area contributed by atoms with E-state index in [0.29, 0.717) is 12.1 Å². The molecular formula is C12H5F6NO3. The Morgan fingerprint density at radius 3 is 1.82 bits per heavy atom. The highest BCUT2D eigenvalue weighted by molar-refractivity contribution is 5.85. The van der Waals surface area contributed by atoms with E-state index in [-0.39, 0.29) is 6.07 Å². The lowest BCUT2D eigenvalue weighted by atomic mass is 10.0. The fraction of sp³-hybridized carbons (Fsp3) is 0.167. The van der Waals surface area contributed by atoms with E-state index in [0.717, 1.165) is 6.07 Å². The van der Waals surface area contributed by atoms with Gasteiger partial charge in [0.05, 0.1) is 11.1 Å². The monoisotopic (exact) mass is 325 g/mol. The number of rotatable bonds is 2. The van der Waals surface area contributed by atoms with Crippen LogP contribution in [0.2, 0.25) is 0 Å². The summed E-state index contributed by atoms with van der Waals surface area (Å²) in [4.78, 5) is 10.6. The minimum absolute atomic E-state index is 0.0400. The van der Waals surface area contributed by atoms with Crippen LogP contribution >= 0.6 is 0 Å². The first-order chi connectivity index (χ1) is 9.98. The Kier molecular flexibility index (Phi) is 3.63. The Hall–Kier alpha value is -2.52. The van der Waals surface area contributed by atoms with E-state index in [9.17, 15) is 31.1 Å². The van der Waals surface area contributed by atoms with Gasteiger partial charge in [-0.15, -0.1) is 0 Å². The van der Waals surface area contributed by atoms with Gasteiger partial charge in [-0.05, 0) is 18.2 Å². The molecule has 2 rings (SSSR count). The first kappa shape index (κ1) is 15.9. The third kappa shape index (κ3) is 3.21. The fourth-order valence-corrected chi connectivity index (χ4v) is 1.61. The number of carboxylic acids is 1. The Balaban J connectivity index is 2.61. The standard InChI is InChI=1S/C12H5F6NO3/c13-11(14,15)6-1-5(2-7(3-6)12(16,17)18)8-4-9(10(20)21)22-19-8/h1-4H,(H,20,21). The summed E-state index contributed by atoms with van der Waals surface area (Å²) in [6.45, 7) is 0. The zero-order valence-electron chi connectivity index (χ0n) is 10.3.